The normalized spacial score (nSPS) is 13.0. The van der Waals surface area contributed by atoms with Gasteiger partial charge in [-0.15, -0.1) is 0 Å². The SMILES string of the molecule is Cc1ccccc1-c1c(N(c2ccc3c(c2)C(C)(C)c2ccccc2-3)c2ccccc2-c2ccccc2)ccc2ccccc12. The molecule has 0 radical (unpaired) electrons. The number of benzene rings is 7. The first-order chi connectivity index (χ1) is 22.0. The van der Waals surface area contributed by atoms with Crippen molar-refractivity contribution in [2.24, 2.45) is 0 Å². The summed E-state index contributed by atoms with van der Waals surface area (Å²) < 4.78 is 0. The molecular weight excluding hydrogens is 542 g/mol. The zero-order valence-electron chi connectivity index (χ0n) is 26.0. The van der Waals surface area contributed by atoms with E-state index in [1.54, 1.807) is 0 Å². The fourth-order valence-electron chi connectivity index (χ4n) is 7.35. The molecule has 0 atom stereocenters. The molecule has 0 saturated carbocycles. The van der Waals surface area contributed by atoms with E-state index in [0.29, 0.717) is 0 Å². The molecule has 0 aliphatic heterocycles. The summed E-state index contributed by atoms with van der Waals surface area (Å²) in [7, 11) is 0. The summed E-state index contributed by atoms with van der Waals surface area (Å²) in [5.41, 5.74) is 14.9. The Hall–Kier alpha value is -5.40. The molecule has 1 aliphatic carbocycles. The molecular formula is C44H35N. The summed E-state index contributed by atoms with van der Waals surface area (Å²) in [4.78, 5) is 2.50. The minimum Gasteiger partial charge on any atom is -0.309 e. The molecule has 0 N–H and O–H groups in total. The lowest BCUT2D eigenvalue weighted by molar-refractivity contribution is 0.660. The molecule has 0 unspecified atom stereocenters. The second kappa shape index (κ2) is 10.6. The Kier molecular flexibility index (Phi) is 6.43. The second-order valence-electron chi connectivity index (χ2n) is 12.6. The van der Waals surface area contributed by atoms with E-state index in [1.807, 2.05) is 0 Å². The van der Waals surface area contributed by atoms with Gasteiger partial charge in [-0.1, -0.05) is 147 Å². The van der Waals surface area contributed by atoms with Gasteiger partial charge in [0.15, 0.2) is 0 Å². The van der Waals surface area contributed by atoms with Crippen molar-refractivity contribution in [2.45, 2.75) is 26.2 Å². The van der Waals surface area contributed by atoms with Crippen LogP contribution in [0.2, 0.25) is 0 Å². The predicted octanol–water partition coefficient (Wildman–Crippen LogP) is 12.3. The Labute approximate surface area is 266 Å². The minimum atomic E-state index is -0.102. The summed E-state index contributed by atoms with van der Waals surface area (Å²) in [5, 5.41) is 2.49. The van der Waals surface area contributed by atoms with Gasteiger partial charge >= 0.3 is 0 Å². The molecule has 0 spiro atoms. The molecule has 0 amide bonds. The third kappa shape index (κ3) is 4.38. The highest BCUT2D eigenvalue weighted by Crippen LogP contribution is 2.52. The average Bonchev–Trinajstić information content (AvgIpc) is 3.31. The third-order valence-corrected chi connectivity index (χ3v) is 9.62. The summed E-state index contributed by atoms with van der Waals surface area (Å²) in [6.45, 7) is 6.94. The number of para-hydroxylation sites is 1. The number of nitrogens with zero attached hydrogens (tertiary/aromatic N) is 1. The second-order valence-corrected chi connectivity index (χ2v) is 12.6. The first-order valence-corrected chi connectivity index (χ1v) is 15.8. The standard InChI is InChI=1S/C44H35N/c1-30-15-7-9-19-34(30)43-36-21-10-8-18-32(36)25-28-42(43)45(41-24-14-12-20-35(41)31-16-5-4-6-17-31)33-26-27-38-37-22-11-13-23-39(37)44(2,3)40(38)29-33/h4-29H,1-3H3. The largest absolute Gasteiger partial charge is 0.309 e. The van der Waals surface area contributed by atoms with Crippen LogP contribution in [-0.4, -0.2) is 0 Å². The van der Waals surface area contributed by atoms with Crippen LogP contribution in [0.1, 0.15) is 30.5 Å². The molecule has 0 fully saturated rings. The molecule has 1 nitrogen and oxygen atoms in total. The number of anilines is 3. The van der Waals surface area contributed by atoms with Crippen LogP contribution in [0.3, 0.4) is 0 Å². The fraction of sp³-hybridized carbons (Fsp3) is 0.0909. The number of hydrogen-bond donors (Lipinski definition) is 0. The van der Waals surface area contributed by atoms with Crippen molar-refractivity contribution in [1.29, 1.82) is 0 Å². The van der Waals surface area contributed by atoms with Crippen LogP contribution < -0.4 is 4.90 Å². The van der Waals surface area contributed by atoms with Gasteiger partial charge in [0.05, 0.1) is 11.4 Å². The summed E-state index contributed by atoms with van der Waals surface area (Å²) in [6, 6.07) is 57.7. The van der Waals surface area contributed by atoms with Gasteiger partial charge in [-0.3, -0.25) is 0 Å². The van der Waals surface area contributed by atoms with E-state index in [1.165, 1.54) is 66.5 Å². The van der Waals surface area contributed by atoms with Crippen molar-refractivity contribution in [3.05, 3.63) is 174 Å². The van der Waals surface area contributed by atoms with Gasteiger partial charge < -0.3 is 4.90 Å². The Balaban J connectivity index is 1.46. The first-order valence-electron chi connectivity index (χ1n) is 15.8. The molecule has 0 aromatic heterocycles. The molecule has 45 heavy (non-hydrogen) atoms. The number of fused-ring (bicyclic) bond motifs is 4. The highest BCUT2D eigenvalue weighted by Gasteiger charge is 2.36. The number of rotatable bonds is 5. The molecule has 0 heterocycles. The van der Waals surface area contributed by atoms with E-state index in [4.69, 9.17) is 0 Å². The van der Waals surface area contributed by atoms with Crippen molar-refractivity contribution in [3.63, 3.8) is 0 Å². The van der Waals surface area contributed by atoms with E-state index in [9.17, 15) is 0 Å². The average molecular weight is 578 g/mol. The Morgan fingerprint density at radius 3 is 1.93 bits per heavy atom. The van der Waals surface area contributed by atoms with Crippen LogP contribution in [0.15, 0.2) is 158 Å². The lowest BCUT2D eigenvalue weighted by Crippen LogP contribution is -2.17. The van der Waals surface area contributed by atoms with Gasteiger partial charge in [0.25, 0.3) is 0 Å². The maximum atomic E-state index is 2.50. The molecule has 1 heteroatoms. The van der Waals surface area contributed by atoms with Crippen molar-refractivity contribution in [1.82, 2.24) is 0 Å². The smallest absolute Gasteiger partial charge is 0.0546 e. The van der Waals surface area contributed by atoms with E-state index < -0.39 is 0 Å². The molecule has 7 aromatic carbocycles. The lowest BCUT2D eigenvalue weighted by atomic mass is 9.82. The van der Waals surface area contributed by atoms with Gasteiger partial charge in [0.1, 0.15) is 0 Å². The summed E-state index contributed by atoms with van der Waals surface area (Å²) in [6.07, 6.45) is 0. The molecule has 7 aromatic rings. The van der Waals surface area contributed by atoms with Crippen molar-refractivity contribution in [2.75, 3.05) is 4.90 Å². The molecule has 0 saturated heterocycles. The van der Waals surface area contributed by atoms with Crippen LogP contribution >= 0.6 is 0 Å². The maximum Gasteiger partial charge on any atom is 0.0546 e. The zero-order valence-corrected chi connectivity index (χ0v) is 26.0. The quantitative estimate of drug-likeness (QED) is 0.197. The van der Waals surface area contributed by atoms with E-state index in [2.05, 4.69) is 183 Å². The van der Waals surface area contributed by atoms with Crippen LogP contribution in [0.25, 0.3) is 44.2 Å². The first kappa shape index (κ1) is 27.2. The molecule has 216 valence electrons. The molecule has 1 aliphatic rings. The summed E-state index contributed by atoms with van der Waals surface area (Å²) in [5.74, 6) is 0. The number of aryl methyl sites for hydroxylation is 1. The van der Waals surface area contributed by atoms with Gasteiger partial charge in [0.2, 0.25) is 0 Å². The zero-order chi connectivity index (χ0) is 30.5. The van der Waals surface area contributed by atoms with Crippen LogP contribution in [0.5, 0.6) is 0 Å². The third-order valence-electron chi connectivity index (χ3n) is 9.62. The Morgan fingerprint density at radius 1 is 0.467 bits per heavy atom. The minimum absolute atomic E-state index is 0.102. The lowest BCUT2D eigenvalue weighted by Gasteiger charge is -2.32. The van der Waals surface area contributed by atoms with Gasteiger partial charge in [0, 0.05) is 22.2 Å². The van der Waals surface area contributed by atoms with Crippen LogP contribution in [0.4, 0.5) is 17.1 Å². The Bertz CT molecular complexity index is 2210. The maximum absolute atomic E-state index is 2.50. The van der Waals surface area contributed by atoms with Crippen LogP contribution in [-0.2, 0) is 5.41 Å². The topological polar surface area (TPSA) is 3.24 Å². The van der Waals surface area contributed by atoms with Crippen molar-refractivity contribution in [3.8, 4) is 33.4 Å². The molecule has 0 bridgehead atoms. The van der Waals surface area contributed by atoms with E-state index >= 15 is 0 Å². The Morgan fingerprint density at radius 2 is 1.11 bits per heavy atom. The fourth-order valence-corrected chi connectivity index (χ4v) is 7.35. The predicted molar refractivity (Wildman–Crippen MR) is 192 cm³/mol. The van der Waals surface area contributed by atoms with E-state index in [0.717, 1.165) is 11.4 Å². The van der Waals surface area contributed by atoms with Crippen molar-refractivity contribution >= 4 is 27.8 Å². The van der Waals surface area contributed by atoms with Gasteiger partial charge in [-0.05, 0) is 80.9 Å². The highest BCUT2D eigenvalue weighted by molar-refractivity contribution is 6.07. The van der Waals surface area contributed by atoms with Gasteiger partial charge in [-0.25, -0.2) is 0 Å². The summed E-state index contributed by atoms with van der Waals surface area (Å²) >= 11 is 0. The van der Waals surface area contributed by atoms with E-state index in [-0.39, 0.29) is 5.41 Å². The monoisotopic (exact) mass is 577 g/mol. The van der Waals surface area contributed by atoms with Crippen molar-refractivity contribution < 1.29 is 0 Å². The number of hydrogen-bond acceptors (Lipinski definition) is 1. The van der Waals surface area contributed by atoms with Gasteiger partial charge in [-0.2, -0.15) is 0 Å². The van der Waals surface area contributed by atoms with Crippen LogP contribution in [0, 0.1) is 6.92 Å². The highest BCUT2D eigenvalue weighted by atomic mass is 15.1. The molecule has 8 rings (SSSR count).